The standard InChI is InChI=1S/C24H26N4O3S/c1-15(19(24(30)31-3)12-16-7-6-8-17(11-16)22(25)26)27-23(29)21-13-18(14-32-21)20-9-4-5-10-28(20)2/h4-11,13-15,19H,12H2,1-3H3,(H3-,25,26,27,29)/p+1/t15-,19-/m1/s1. The number of aromatic nitrogens is 1. The van der Waals surface area contributed by atoms with Gasteiger partial charge in [0.15, 0.2) is 6.20 Å². The average molecular weight is 452 g/mol. The van der Waals surface area contributed by atoms with Crippen molar-refractivity contribution in [2.24, 2.45) is 18.7 Å². The predicted octanol–water partition coefficient (Wildman–Crippen LogP) is 2.67. The van der Waals surface area contributed by atoms with Gasteiger partial charge in [0.05, 0.1) is 23.5 Å². The van der Waals surface area contributed by atoms with Gasteiger partial charge in [0.25, 0.3) is 5.91 Å². The zero-order valence-corrected chi connectivity index (χ0v) is 19.1. The second kappa shape index (κ2) is 10.2. The Kier molecular flexibility index (Phi) is 7.37. The first kappa shape index (κ1) is 23.1. The number of hydrogen-bond acceptors (Lipinski definition) is 5. The molecule has 0 fully saturated rings. The second-order valence-corrected chi connectivity index (χ2v) is 8.52. The Bertz CT molecular complexity index is 1140. The maximum absolute atomic E-state index is 12.9. The third-order valence-corrected chi connectivity index (χ3v) is 6.26. The molecule has 8 heteroatoms. The molecule has 0 saturated carbocycles. The molecule has 0 saturated heterocycles. The number of rotatable bonds is 8. The lowest BCUT2D eigenvalue weighted by Crippen LogP contribution is -2.42. The molecule has 32 heavy (non-hydrogen) atoms. The van der Waals surface area contributed by atoms with Gasteiger partial charge in [0.1, 0.15) is 12.9 Å². The number of amides is 1. The first-order valence-electron chi connectivity index (χ1n) is 10.2. The molecule has 0 bridgehead atoms. The van der Waals surface area contributed by atoms with Crippen LogP contribution in [0.5, 0.6) is 0 Å². The number of benzene rings is 1. The molecular formula is C24H27N4O3S+. The minimum absolute atomic E-state index is 0.0388. The third-order valence-electron chi connectivity index (χ3n) is 5.33. The Balaban J connectivity index is 1.75. The Morgan fingerprint density at radius 2 is 2.00 bits per heavy atom. The fraction of sp³-hybridized carbons (Fsp3) is 0.250. The molecule has 0 aliphatic heterocycles. The van der Waals surface area contributed by atoms with E-state index in [9.17, 15) is 9.59 Å². The Labute approximate surface area is 191 Å². The number of nitrogens with one attached hydrogen (secondary N) is 2. The number of carbonyl (C=O) groups excluding carboxylic acids is 2. The maximum atomic E-state index is 12.9. The van der Waals surface area contributed by atoms with Gasteiger partial charge >= 0.3 is 5.97 Å². The number of ether oxygens (including phenoxy) is 1. The summed E-state index contributed by atoms with van der Waals surface area (Å²) in [6.07, 6.45) is 2.31. The topological polar surface area (TPSA) is 109 Å². The first-order chi connectivity index (χ1) is 15.3. The summed E-state index contributed by atoms with van der Waals surface area (Å²) in [7, 11) is 3.29. The van der Waals surface area contributed by atoms with E-state index in [2.05, 4.69) is 5.32 Å². The van der Waals surface area contributed by atoms with Gasteiger partial charge in [-0.05, 0) is 37.1 Å². The molecule has 2 heterocycles. The van der Waals surface area contributed by atoms with E-state index in [1.807, 2.05) is 53.5 Å². The number of nitrogen functional groups attached to an aromatic ring is 1. The fourth-order valence-corrected chi connectivity index (χ4v) is 4.33. The zero-order valence-electron chi connectivity index (χ0n) is 18.3. The molecular weight excluding hydrogens is 424 g/mol. The highest BCUT2D eigenvalue weighted by molar-refractivity contribution is 7.12. The summed E-state index contributed by atoms with van der Waals surface area (Å²) in [5.74, 6) is -1.27. The van der Waals surface area contributed by atoms with Gasteiger partial charge in [-0.1, -0.05) is 18.2 Å². The highest BCUT2D eigenvalue weighted by atomic mass is 32.1. The van der Waals surface area contributed by atoms with Crippen molar-refractivity contribution in [1.82, 2.24) is 5.32 Å². The smallest absolute Gasteiger partial charge is 0.311 e. The van der Waals surface area contributed by atoms with Crippen LogP contribution < -0.4 is 15.6 Å². The molecule has 166 valence electrons. The molecule has 0 unspecified atom stereocenters. The largest absolute Gasteiger partial charge is 0.469 e. The molecule has 3 rings (SSSR count). The van der Waals surface area contributed by atoms with Crippen molar-refractivity contribution in [2.75, 3.05) is 7.11 Å². The third kappa shape index (κ3) is 5.39. The number of nitrogens with two attached hydrogens (primary N) is 1. The van der Waals surface area contributed by atoms with Crippen LogP contribution in [0.2, 0.25) is 0 Å². The number of nitrogens with zero attached hydrogens (tertiary/aromatic N) is 1. The van der Waals surface area contributed by atoms with Crippen LogP contribution in [-0.2, 0) is 23.0 Å². The summed E-state index contributed by atoms with van der Waals surface area (Å²) >= 11 is 1.36. The fourth-order valence-electron chi connectivity index (χ4n) is 3.53. The number of hydrogen-bond donors (Lipinski definition) is 3. The zero-order chi connectivity index (χ0) is 23.3. The number of pyridine rings is 1. The van der Waals surface area contributed by atoms with Crippen LogP contribution in [-0.4, -0.2) is 30.9 Å². The lowest BCUT2D eigenvalue weighted by Gasteiger charge is -2.23. The summed E-state index contributed by atoms with van der Waals surface area (Å²) in [6.45, 7) is 1.79. The van der Waals surface area contributed by atoms with E-state index in [4.69, 9.17) is 15.9 Å². The summed E-state index contributed by atoms with van der Waals surface area (Å²) in [4.78, 5) is 25.9. The molecule has 4 N–H and O–H groups in total. The number of carbonyl (C=O) groups is 2. The summed E-state index contributed by atoms with van der Waals surface area (Å²) in [5.41, 5.74) is 8.97. The lowest BCUT2D eigenvalue weighted by atomic mass is 9.92. The molecule has 0 spiro atoms. The van der Waals surface area contributed by atoms with Gasteiger partial charge in [-0.15, -0.1) is 11.3 Å². The van der Waals surface area contributed by atoms with E-state index in [-0.39, 0.29) is 11.7 Å². The molecule has 7 nitrogen and oxygen atoms in total. The minimum Gasteiger partial charge on any atom is -0.469 e. The van der Waals surface area contributed by atoms with Gasteiger partial charge in [0.2, 0.25) is 5.69 Å². The average Bonchev–Trinajstić information content (AvgIpc) is 3.27. The van der Waals surface area contributed by atoms with Crippen LogP contribution in [0.25, 0.3) is 11.3 Å². The van der Waals surface area contributed by atoms with Gasteiger partial charge in [0, 0.05) is 29.1 Å². The highest BCUT2D eigenvalue weighted by Crippen LogP contribution is 2.24. The van der Waals surface area contributed by atoms with Crippen LogP contribution in [0.4, 0.5) is 0 Å². The van der Waals surface area contributed by atoms with Crippen molar-refractivity contribution in [3.63, 3.8) is 0 Å². The molecule has 3 aromatic rings. The van der Waals surface area contributed by atoms with Gasteiger partial charge in [-0.25, -0.2) is 4.57 Å². The van der Waals surface area contributed by atoms with Crippen LogP contribution >= 0.6 is 11.3 Å². The van der Waals surface area contributed by atoms with Crippen molar-refractivity contribution < 1.29 is 18.9 Å². The normalized spacial score (nSPS) is 12.6. The van der Waals surface area contributed by atoms with Crippen LogP contribution in [0.15, 0.2) is 60.1 Å². The summed E-state index contributed by atoms with van der Waals surface area (Å²) in [5, 5.41) is 12.5. The number of amidine groups is 1. The minimum atomic E-state index is -0.586. The molecule has 2 atom stereocenters. The number of aryl methyl sites for hydroxylation is 1. The summed E-state index contributed by atoms with van der Waals surface area (Å²) in [6, 6.07) is 14.5. The number of esters is 1. The molecule has 2 aromatic heterocycles. The van der Waals surface area contributed by atoms with Crippen LogP contribution in [0.1, 0.15) is 27.7 Å². The SMILES string of the molecule is COC(=O)[C@H](Cc1cccc(C(=N)N)c1)[C@@H](C)NC(=O)c1cc(-c2cccc[n+]2C)cs1. The molecule has 0 radical (unpaired) electrons. The van der Waals surface area contributed by atoms with E-state index < -0.39 is 17.9 Å². The van der Waals surface area contributed by atoms with E-state index >= 15 is 0 Å². The van der Waals surface area contributed by atoms with Crippen molar-refractivity contribution in [3.8, 4) is 11.3 Å². The number of thiophene rings is 1. The van der Waals surface area contributed by atoms with Crippen molar-refractivity contribution in [1.29, 1.82) is 5.41 Å². The van der Waals surface area contributed by atoms with E-state index in [0.29, 0.717) is 16.9 Å². The Hall–Kier alpha value is -3.52. The van der Waals surface area contributed by atoms with Gasteiger partial charge in [-0.3, -0.25) is 15.0 Å². The molecule has 1 amide bonds. The summed E-state index contributed by atoms with van der Waals surface area (Å²) < 4.78 is 6.98. The monoisotopic (exact) mass is 451 g/mol. The van der Waals surface area contributed by atoms with Crippen molar-refractivity contribution >= 4 is 29.0 Å². The van der Waals surface area contributed by atoms with Crippen molar-refractivity contribution in [3.05, 3.63) is 76.1 Å². The Morgan fingerprint density at radius 3 is 2.69 bits per heavy atom. The second-order valence-electron chi connectivity index (χ2n) is 7.61. The van der Waals surface area contributed by atoms with Crippen LogP contribution in [0, 0.1) is 11.3 Å². The maximum Gasteiger partial charge on any atom is 0.311 e. The van der Waals surface area contributed by atoms with Gasteiger partial charge in [-0.2, -0.15) is 0 Å². The first-order valence-corrected chi connectivity index (χ1v) is 11.0. The lowest BCUT2D eigenvalue weighted by molar-refractivity contribution is -0.660. The van der Waals surface area contributed by atoms with Crippen molar-refractivity contribution in [2.45, 2.75) is 19.4 Å². The predicted molar refractivity (Wildman–Crippen MR) is 125 cm³/mol. The Morgan fingerprint density at radius 1 is 1.22 bits per heavy atom. The molecule has 0 aliphatic rings. The van der Waals surface area contributed by atoms with Gasteiger partial charge < -0.3 is 15.8 Å². The molecule has 1 aromatic carbocycles. The van der Waals surface area contributed by atoms with Crippen LogP contribution in [0.3, 0.4) is 0 Å². The molecule has 0 aliphatic carbocycles. The highest BCUT2D eigenvalue weighted by Gasteiger charge is 2.28. The van der Waals surface area contributed by atoms with E-state index in [0.717, 1.165) is 16.8 Å². The number of methoxy groups -OCH3 is 1. The quantitative estimate of drug-likeness (QED) is 0.212. The van der Waals surface area contributed by atoms with E-state index in [1.54, 1.807) is 25.1 Å². The van der Waals surface area contributed by atoms with E-state index in [1.165, 1.54) is 18.4 Å².